The van der Waals surface area contributed by atoms with Gasteiger partial charge in [-0.3, -0.25) is 0 Å². The van der Waals surface area contributed by atoms with Crippen LogP contribution < -0.4 is 14.8 Å². The van der Waals surface area contributed by atoms with Crippen molar-refractivity contribution in [3.8, 4) is 11.5 Å². The Hall–Kier alpha value is -1.26. The van der Waals surface area contributed by atoms with Gasteiger partial charge in [-0.1, -0.05) is 6.07 Å². The van der Waals surface area contributed by atoms with Gasteiger partial charge in [0.15, 0.2) is 0 Å². The third-order valence-corrected chi connectivity index (χ3v) is 3.61. The Morgan fingerprint density at radius 1 is 1.28 bits per heavy atom. The summed E-state index contributed by atoms with van der Waals surface area (Å²) in [6.07, 6.45) is 1.00. The molecule has 100 valence electrons. The molecule has 0 radical (unpaired) electrons. The minimum absolute atomic E-state index is 0.689. The molecule has 0 amide bonds. The summed E-state index contributed by atoms with van der Waals surface area (Å²) in [5.74, 6) is 1.75. The molecule has 1 aromatic rings. The Kier molecular flexibility index (Phi) is 4.44. The molecule has 1 aliphatic heterocycles. The molecule has 0 atom stereocenters. The number of ether oxygens (including phenoxy) is 2. The van der Waals surface area contributed by atoms with Crippen molar-refractivity contribution in [3.63, 3.8) is 0 Å². The zero-order chi connectivity index (χ0) is 13.0. The highest BCUT2D eigenvalue weighted by atomic mass is 16.5. The van der Waals surface area contributed by atoms with Crippen molar-refractivity contribution in [1.82, 2.24) is 10.2 Å². The fraction of sp³-hybridized carbons (Fsp3) is 0.571. The van der Waals surface area contributed by atoms with Crippen LogP contribution in [0.25, 0.3) is 0 Å². The Morgan fingerprint density at radius 3 is 2.61 bits per heavy atom. The first-order valence-corrected chi connectivity index (χ1v) is 6.36. The van der Waals surface area contributed by atoms with Crippen LogP contribution in [0.3, 0.4) is 0 Å². The van der Waals surface area contributed by atoms with E-state index < -0.39 is 0 Å². The number of nitrogens with zero attached hydrogens (tertiary/aromatic N) is 1. The van der Waals surface area contributed by atoms with Gasteiger partial charge < -0.3 is 19.7 Å². The Balaban J connectivity index is 1.95. The second-order valence-corrected chi connectivity index (χ2v) is 4.72. The number of hydrogen-bond acceptors (Lipinski definition) is 4. The van der Waals surface area contributed by atoms with Gasteiger partial charge in [-0.05, 0) is 25.1 Å². The Morgan fingerprint density at radius 2 is 2.06 bits per heavy atom. The van der Waals surface area contributed by atoms with Gasteiger partial charge in [-0.15, -0.1) is 0 Å². The monoisotopic (exact) mass is 250 g/mol. The molecule has 0 bridgehead atoms. The number of nitrogens with one attached hydrogen (secondary N) is 1. The SMILES string of the molecule is COc1ccc(CCN(C)C2CNC2)c(OC)c1. The van der Waals surface area contributed by atoms with E-state index in [0.717, 1.165) is 37.6 Å². The summed E-state index contributed by atoms with van der Waals surface area (Å²) in [5.41, 5.74) is 1.23. The van der Waals surface area contributed by atoms with Crippen LogP contribution in [-0.4, -0.2) is 51.8 Å². The lowest BCUT2D eigenvalue weighted by Crippen LogP contribution is -2.56. The molecule has 0 spiro atoms. The molecule has 4 heteroatoms. The van der Waals surface area contributed by atoms with E-state index in [1.54, 1.807) is 14.2 Å². The maximum atomic E-state index is 5.41. The number of hydrogen-bond donors (Lipinski definition) is 1. The maximum absolute atomic E-state index is 5.41. The van der Waals surface area contributed by atoms with Crippen LogP contribution in [0.2, 0.25) is 0 Å². The lowest BCUT2D eigenvalue weighted by atomic mass is 10.1. The van der Waals surface area contributed by atoms with Gasteiger partial charge in [0.2, 0.25) is 0 Å². The minimum atomic E-state index is 0.689. The van der Waals surface area contributed by atoms with E-state index in [4.69, 9.17) is 9.47 Å². The summed E-state index contributed by atoms with van der Waals surface area (Å²) >= 11 is 0. The molecule has 18 heavy (non-hydrogen) atoms. The van der Waals surface area contributed by atoms with Crippen LogP contribution in [0.15, 0.2) is 18.2 Å². The molecule has 1 aromatic carbocycles. The van der Waals surface area contributed by atoms with Crippen molar-refractivity contribution in [3.05, 3.63) is 23.8 Å². The molecule has 1 fully saturated rings. The predicted octanol–water partition coefficient (Wildman–Crippen LogP) is 1.15. The highest BCUT2D eigenvalue weighted by Gasteiger charge is 2.21. The molecule has 0 unspecified atom stereocenters. The summed E-state index contributed by atoms with van der Waals surface area (Å²) in [7, 11) is 5.56. The number of likely N-dealkylation sites (N-methyl/N-ethyl adjacent to an activating group) is 1. The molecule has 4 nitrogen and oxygen atoms in total. The fourth-order valence-electron chi connectivity index (χ4n) is 2.12. The summed E-state index contributed by atoms with van der Waals surface area (Å²) in [4.78, 5) is 2.40. The second kappa shape index (κ2) is 6.07. The van der Waals surface area contributed by atoms with Crippen molar-refractivity contribution in [2.75, 3.05) is 40.9 Å². The van der Waals surface area contributed by atoms with E-state index >= 15 is 0 Å². The Bertz CT molecular complexity index is 391. The molecule has 0 aromatic heterocycles. The first-order chi connectivity index (χ1) is 8.74. The van der Waals surface area contributed by atoms with Crippen LogP contribution in [0.4, 0.5) is 0 Å². The average Bonchev–Trinajstić information content (AvgIpc) is 2.34. The summed E-state index contributed by atoms with van der Waals surface area (Å²) in [6, 6.07) is 6.71. The Labute approximate surface area is 109 Å². The summed E-state index contributed by atoms with van der Waals surface area (Å²) < 4.78 is 10.6. The summed E-state index contributed by atoms with van der Waals surface area (Å²) in [5, 5.41) is 3.30. The molecular formula is C14H22N2O2. The average molecular weight is 250 g/mol. The van der Waals surface area contributed by atoms with E-state index in [1.807, 2.05) is 12.1 Å². The number of methoxy groups -OCH3 is 2. The van der Waals surface area contributed by atoms with E-state index in [-0.39, 0.29) is 0 Å². The van der Waals surface area contributed by atoms with E-state index in [2.05, 4.69) is 23.3 Å². The molecule has 0 saturated carbocycles. The largest absolute Gasteiger partial charge is 0.497 e. The van der Waals surface area contributed by atoms with Gasteiger partial charge >= 0.3 is 0 Å². The van der Waals surface area contributed by atoms with Crippen LogP contribution >= 0.6 is 0 Å². The van der Waals surface area contributed by atoms with Crippen molar-refractivity contribution in [1.29, 1.82) is 0 Å². The van der Waals surface area contributed by atoms with E-state index in [1.165, 1.54) is 5.56 Å². The zero-order valence-electron chi connectivity index (χ0n) is 11.4. The molecule has 1 N–H and O–H groups in total. The number of benzene rings is 1. The quantitative estimate of drug-likeness (QED) is 0.821. The third-order valence-electron chi connectivity index (χ3n) is 3.61. The lowest BCUT2D eigenvalue weighted by molar-refractivity contribution is 0.182. The van der Waals surface area contributed by atoms with E-state index in [0.29, 0.717) is 6.04 Å². The van der Waals surface area contributed by atoms with Crippen molar-refractivity contribution in [2.45, 2.75) is 12.5 Å². The van der Waals surface area contributed by atoms with E-state index in [9.17, 15) is 0 Å². The molecule has 1 aliphatic rings. The smallest absolute Gasteiger partial charge is 0.125 e. The van der Waals surface area contributed by atoms with Crippen molar-refractivity contribution in [2.24, 2.45) is 0 Å². The van der Waals surface area contributed by atoms with Gasteiger partial charge in [0.1, 0.15) is 11.5 Å². The van der Waals surface area contributed by atoms with Crippen LogP contribution in [0, 0.1) is 0 Å². The maximum Gasteiger partial charge on any atom is 0.125 e. The minimum Gasteiger partial charge on any atom is -0.497 e. The lowest BCUT2D eigenvalue weighted by Gasteiger charge is -2.35. The topological polar surface area (TPSA) is 33.7 Å². The first-order valence-electron chi connectivity index (χ1n) is 6.36. The van der Waals surface area contributed by atoms with Crippen LogP contribution in [0.5, 0.6) is 11.5 Å². The molecule has 1 saturated heterocycles. The van der Waals surface area contributed by atoms with Gasteiger partial charge in [0, 0.05) is 31.7 Å². The molecule has 2 rings (SSSR count). The summed E-state index contributed by atoms with van der Waals surface area (Å²) in [6.45, 7) is 3.27. The third kappa shape index (κ3) is 2.94. The van der Waals surface area contributed by atoms with Gasteiger partial charge in [-0.25, -0.2) is 0 Å². The van der Waals surface area contributed by atoms with Gasteiger partial charge in [0.25, 0.3) is 0 Å². The normalized spacial score (nSPS) is 15.6. The van der Waals surface area contributed by atoms with Crippen molar-refractivity contribution >= 4 is 0 Å². The highest BCUT2D eigenvalue weighted by Crippen LogP contribution is 2.25. The zero-order valence-corrected chi connectivity index (χ0v) is 11.4. The molecule has 0 aliphatic carbocycles. The molecule has 1 heterocycles. The fourth-order valence-corrected chi connectivity index (χ4v) is 2.12. The predicted molar refractivity (Wildman–Crippen MR) is 72.5 cm³/mol. The van der Waals surface area contributed by atoms with Crippen LogP contribution in [0.1, 0.15) is 5.56 Å². The second-order valence-electron chi connectivity index (χ2n) is 4.72. The standard InChI is InChI=1S/C14H22N2O2/c1-16(12-9-15-10-12)7-6-11-4-5-13(17-2)8-14(11)18-3/h4-5,8,12,15H,6-7,9-10H2,1-3H3. The highest BCUT2D eigenvalue weighted by molar-refractivity contribution is 5.40. The molecular weight excluding hydrogens is 228 g/mol. The first kappa shape index (κ1) is 13.2. The van der Waals surface area contributed by atoms with Crippen molar-refractivity contribution < 1.29 is 9.47 Å². The van der Waals surface area contributed by atoms with Gasteiger partial charge in [0.05, 0.1) is 14.2 Å². The number of rotatable bonds is 6. The van der Waals surface area contributed by atoms with Crippen LogP contribution in [-0.2, 0) is 6.42 Å². The van der Waals surface area contributed by atoms with Gasteiger partial charge in [-0.2, -0.15) is 0 Å².